The van der Waals surface area contributed by atoms with E-state index in [1.165, 1.54) is 6.92 Å². The second-order valence-corrected chi connectivity index (χ2v) is 5.95. The lowest BCUT2D eigenvalue weighted by atomic mass is 9.86. The Labute approximate surface area is 121 Å². The zero-order valence-corrected chi connectivity index (χ0v) is 12.5. The summed E-state index contributed by atoms with van der Waals surface area (Å²) in [4.78, 5) is 24.5. The lowest BCUT2D eigenvalue weighted by Crippen LogP contribution is -2.49. The van der Waals surface area contributed by atoms with Crippen LogP contribution in [0.5, 0.6) is 0 Å². The first-order valence-corrected chi connectivity index (χ1v) is 6.65. The Morgan fingerprint density at radius 2 is 1.81 bits per heavy atom. The van der Waals surface area contributed by atoms with Crippen molar-refractivity contribution in [3.05, 3.63) is 0 Å². The zero-order valence-electron chi connectivity index (χ0n) is 12.5. The highest BCUT2D eigenvalue weighted by Crippen LogP contribution is 2.46. The van der Waals surface area contributed by atoms with Crippen molar-refractivity contribution in [1.82, 2.24) is 4.90 Å². The molecule has 0 aromatic rings. The van der Waals surface area contributed by atoms with Crippen LogP contribution in [0.15, 0.2) is 0 Å². The third-order valence-corrected chi connectivity index (χ3v) is 3.13. The zero-order chi connectivity index (χ0) is 16.5. The van der Waals surface area contributed by atoms with Crippen LogP contribution in [-0.4, -0.2) is 48.4 Å². The predicted octanol–water partition coefficient (Wildman–Crippen LogP) is 2.74. The van der Waals surface area contributed by atoms with Gasteiger partial charge in [-0.25, -0.2) is 4.79 Å². The molecule has 0 aromatic heterocycles. The summed E-state index contributed by atoms with van der Waals surface area (Å²) in [5.74, 6) is -1.34. The van der Waals surface area contributed by atoms with Crippen molar-refractivity contribution < 1.29 is 32.2 Å². The number of carbonyl (C=O) groups is 2. The monoisotopic (exact) mass is 311 g/mol. The average molecular weight is 311 g/mol. The number of ether oxygens (including phenoxy) is 2. The first-order valence-electron chi connectivity index (χ1n) is 6.65. The SMILES string of the molecule is CCOC(=O)[C@@]1(C(F)(F)F)CCN(C(=O)OC(C)(C)C)C1. The number of hydrogen-bond donors (Lipinski definition) is 0. The first kappa shape index (κ1) is 17.6. The van der Waals surface area contributed by atoms with Crippen molar-refractivity contribution in [1.29, 1.82) is 0 Å². The lowest BCUT2D eigenvalue weighted by molar-refractivity contribution is -0.230. The van der Waals surface area contributed by atoms with Crippen LogP contribution < -0.4 is 0 Å². The van der Waals surface area contributed by atoms with E-state index in [9.17, 15) is 22.8 Å². The van der Waals surface area contributed by atoms with Gasteiger partial charge in [-0.15, -0.1) is 0 Å². The van der Waals surface area contributed by atoms with Crippen molar-refractivity contribution >= 4 is 12.1 Å². The molecule has 0 N–H and O–H groups in total. The maximum Gasteiger partial charge on any atom is 0.410 e. The summed E-state index contributed by atoms with van der Waals surface area (Å²) in [5.41, 5.74) is -3.48. The minimum Gasteiger partial charge on any atom is -0.465 e. The molecular formula is C13H20F3NO4. The molecular weight excluding hydrogens is 291 g/mol. The quantitative estimate of drug-likeness (QED) is 0.736. The molecule has 0 unspecified atom stereocenters. The van der Waals surface area contributed by atoms with Gasteiger partial charge in [-0.05, 0) is 34.1 Å². The Balaban J connectivity index is 2.92. The van der Waals surface area contributed by atoms with Crippen LogP contribution in [0, 0.1) is 5.41 Å². The van der Waals surface area contributed by atoms with Crippen LogP contribution >= 0.6 is 0 Å². The summed E-state index contributed by atoms with van der Waals surface area (Å²) in [5, 5.41) is 0. The molecule has 1 heterocycles. The first-order chi connectivity index (χ1) is 9.43. The molecule has 21 heavy (non-hydrogen) atoms. The van der Waals surface area contributed by atoms with Gasteiger partial charge in [0.25, 0.3) is 0 Å². The minimum atomic E-state index is -4.78. The molecule has 8 heteroatoms. The molecule has 122 valence electrons. The maximum absolute atomic E-state index is 13.3. The van der Waals surface area contributed by atoms with Gasteiger partial charge in [0.15, 0.2) is 5.41 Å². The Morgan fingerprint density at radius 3 is 2.24 bits per heavy atom. The van der Waals surface area contributed by atoms with Gasteiger partial charge in [0.2, 0.25) is 0 Å². The van der Waals surface area contributed by atoms with E-state index >= 15 is 0 Å². The summed E-state index contributed by atoms with van der Waals surface area (Å²) < 4.78 is 49.4. The Hall–Kier alpha value is -1.47. The van der Waals surface area contributed by atoms with Gasteiger partial charge in [-0.3, -0.25) is 4.79 Å². The highest BCUT2D eigenvalue weighted by atomic mass is 19.4. The molecule has 1 rings (SSSR count). The molecule has 0 spiro atoms. The lowest BCUT2D eigenvalue weighted by Gasteiger charge is -2.29. The van der Waals surface area contributed by atoms with Gasteiger partial charge in [0.05, 0.1) is 6.61 Å². The smallest absolute Gasteiger partial charge is 0.410 e. The largest absolute Gasteiger partial charge is 0.465 e. The number of likely N-dealkylation sites (tertiary alicyclic amines) is 1. The van der Waals surface area contributed by atoms with E-state index in [1.807, 2.05) is 0 Å². The van der Waals surface area contributed by atoms with Crippen LogP contribution in [-0.2, 0) is 14.3 Å². The number of amides is 1. The molecule has 1 aliphatic heterocycles. The Morgan fingerprint density at radius 1 is 1.24 bits per heavy atom. The summed E-state index contributed by atoms with van der Waals surface area (Å²) in [7, 11) is 0. The number of nitrogens with zero attached hydrogens (tertiary/aromatic N) is 1. The van der Waals surface area contributed by atoms with Crippen molar-refractivity contribution in [2.45, 2.75) is 45.9 Å². The number of alkyl halides is 3. The fraction of sp³-hybridized carbons (Fsp3) is 0.846. The van der Waals surface area contributed by atoms with Gasteiger partial charge < -0.3 is 14.4 Å². The van der Waals surface area contributed by atoms with Crippen LogP contribution in [0.1, 0.15) is 34.1 Å². The van der Waals surface area contributed by atoms with Gasteiger partial charge >= 0.3 is 18.2 Å². The topological polar surface area (TPSA) is 55.8 Å². The van der Waals surface area contributed by atoms with Gasteiger partial charge in [0.1, 0.15) is 5.60 Å². The summed E-state index contributed by atoms with van der Waals surface area (Å²) in [6, 6.07) is 0. The second kappa shape index (κ2) is 5.73. The molecule has 0 aliphatic carbocycles. The summed E-state index contributed by atoms with van der Waals surface area (Å²) in [6.45, 7) is 5.15. The number of carbonyl (C=O) groups excluding carboxylic acids is 2. The van der Waals surface area contributed by atoms with Crippen molar-refractivity contribution in [2.75, 3.05) is 19.7 Å². The fourth-order valence-corrected chi connectivity index (χ4v) is 2.08. The molecule has 1 atom stereocenters. The highest BCUT2D eigenvalue weighted by molar-refractivity contribution is 5.80. The van der Waals surface area contributed by atoms with E-state index in [-0.39, 0.29) is 13.2 Å². The van der Waals surface area contributed by atoms with E-state index < -0.39 is 42.2 Å². The normalized spacial score (nSPS) is 23.1. The summed E-state index contributed by atoms with van der Waals surface area (Å²) in [6.07, 6.45) is -6.16. The molecule has 0 aromatic carbocycles. The molecule has 5 nitrogen and oxygen atoms in total. The molecule has 0 radical (unpaired) electrons. The van der Waals surface area contributed by atoms with E-state index in [0.717, 1.165) is 4.90 Å². The van der Waals surface area contributed by atoms with Crippen LogP contribution in [0.3, 0.4) is 0 Å². The molecule has 0 saturated carbocycles. The third-order valence-electron chi connectivity index (χ3n) is 3.13. The Kier molecular flexibility index (Phi) is 4.80. The van der Waals surface area contributed by atoms with Crippen LogP contribution in [0.4, 0.5) is 18.0 Å². The highest BCUT2D eigenvalue weighted by Gasteiger charge is 2.65. The van der Waals surface area contributed by atoms with Crippen LogP contribution in [0.25, 0.3) is 0 Å². The number of hydrogen-bond acceptors (Lipinski definition) is 4. The van der Waals surface area contributed by atoms with E-state index in [0.29, 0.717) is 0 Å². The number of esters is 1. The minimum absolute atomic E-state index is 0.150. The molecule has 1 aliphatic rings. The average Bonchev–Trinajstić information content (AvgIpc) is 2.72. The van der Waals surface area contributed by atoms with E-state index in [1.54, 1.807) is 20.8 Å². The Bertz CT molecular complexity index is 417. The maximum atomic E-state index is 13.3. The third kappa shape index (κ3) is 3.79. The fourth-order valence-electron chi connectivity index (χ4n) is 2.08. The van der Waals surface area contributed by atoms with E-state index in [4.69, 9.17) is 4.74 Å². The second-order valence-electron chi connectivity index (χ2n) is 5.95. The summed E-state index contributed by atoms with van der Waals surface area (Å²) >= 11 is 0. The van der Waals surface area contributed by atoms with E-state index in [2.05, 4.69) is 4.74 Å². The van der Waals surface area contributed by atoms with Crippen molar-refractivity contribution in [2.24, 2.45) is 5.41 Å². The predicted molar refractivity (Wildman–Crippen MR) is 67.5 cm³/mol. The van der Waals surface area contributed by atoms with Crippen molar-refractivity contribution in [3.8, 4) is 0 Å². The molecule has 1 amide bonds. The van der Waals surface area contributed by atoms with Gasteiger partial charge in [-0.2, -0.15) is 13.2 Å². The van der Waals surface area contributed by atoms with Crippen molar-refractivity contribution in [3.63, 3.8) is 0 Å². The van der Waals surface area contributed by atoms with Crippen LogP contribution in [0.2, 0.25) is 0 Å². The number of halogens is 3. The number of rotatable bonds is 2. The molecule has 1 fully saturated rings. The van der Waals surface area contributed by atoms with Gasteiger partial charge in [0, 0.05) is 13.1 Å². The van der Waals surface area contributed by atoms with Gasteiger partial charge in [-0.1, -0.05) is 0 Å². The molecule has 0 bridgehead atoms. The molecule has 1 saturated heterocycles. The standard InChI is InChI=1S/C13H20F3NO4/c1-5-20-9(18)12(13(14,15)16)6-7-17(8-12)10(19)21-11(2,3)4/h5-8H2,1-4H3/t12-/m1/s1.